The van der Waals surface area contributed by atoms with Crippen LogP contribution in [0.3, 0.4) is 0 Å². The molecule has 0 unspecified atom stereocenters. The average Bonchev–Trinajstić information content (AvgIpc) is 3.16. The Bertz CT molecular complexity index is 824. The van der Waals surface area contributed by atoms with Gasteiger partial charge in [0.05, 0.1) is 12.8 Å². The van der Waals surface area contributed by atoms with Crippen LogP contribution in [0.2, 0.25) is 5.02 Å². The molecule has 0 aliphatic heterocycles. The Hall–Kier alpha value is -3.40. The van der Waals surface area contributed by atoms with E-state index in [-0.39, 0.29) is 12.2 Å². The van der Waals surface area contributed by atoms with E-state index >= 15 is 0 Å². The van der Waals surface area contributed by atoms with Gasteiger partial charge in [-0.1, -0.05) is 11.6 Å². The van der Waals surface area contributed by atoms with E-state index in [0.717, 1.165) is 0 Å². The molecule has 0 aliphatic carbocycles. The van der Waals surface area contributed by atoms with Crippen LogP contribution in [0.15, 0.2) is 41.1 Å². The highest BCUT2D eigenvalue weighted by molar-refractivity contribution is 6.30. The average molecular weight is 395 g/mol. The van der Waals surface area contributed by atoms with Gasteiger partial charge in [0.1, 0.15) is 18.0 Å². The summed E-state index contributed by atoms with van der Waals surface area (Å²) in [5, 5.41) is 6.95. The minimum absolute atomic E-state index is 0.0290. The van der Waals surface area contributed by atoms with Gasteiger partial charge in [-0.25, -0.2) is 4.79 Å². The molecule has 0 atom stereocenters. The summed E-state index contributed by atoms with van der Waals surface area (Å²) in [7, 11) is 0. The summed E-state index contributed by atoms with van der Waals surface area (Å²) in [4.78, 5) is 50.1. The van der Waals surface area contributed by atoms with Gasteiger partial charge >= 0.3 is 12.0 Å². The summed E-state index contributed by atoms with van der Waals surface area (Å²) >= 11 is 5.74. The fourth-order valence-electron chi connectivity index (χ4n) is 1.76. The molecular formula is C16H15ClN4O6. The highest BCUT2D eigenvalue weighted by Crippen LogP contribution is 2.07. The van der Waals surface area contributed by atoms with Gasteiger partial charge in [0, 0.05) is 11.2 Å². The third-order valence-electron chi connectivity index (χ3n) is 2.97. The maximum Gasteiger partial charge on any atom is 0.325 e. The third-order valence-corrected chi connectivity index (χ3v) is 3.20. The van der Waals surface area contributed by atoms with Crippen molar-refractivity contribution in [3.8, 4) is 0 Å². The fourth-order valence-corrected chi connectivity index (χ4v) is 1.92. The highest BCUT2D eigenvalue weighted by Gasteiger charge is 2.13. The number of amides is 4. The minimum atomic E-state index is -0.864. The lowest BCUT2D eigenvalue weighted by Gasteiger charge is -2.07. The van der Waals surface area contributed by atoms with Gasteiger partial charge in [-0.15, -0.1) is 0 Å². The number of urea groups is 1. The largest absolute Gasteiger partial charge is 0.467 e. The van der Waals surface area contributed by atoms with Crippen molar-refractivity contribution in [1.29, 1.82) is 0 Å². The molecule has 142 valence electrons. The quantitative estimate of drug-likeness (QED) is 0.585. The van der Waals surface area contributed by atoms with Crippen LogP contribution < -0.4 is 16.0 Å². The van der Waals surface area contributed by atoms with E-state index in [4.69, 9.17) is 16.0 Å². The van der Waals surface area contributed by atoms with Crippen molar-refractivity contribution in [3.05, 3.63) is 53.2 Å². The Balaban J connectivity index is 1.63. The summed E-state index contributed by atoms with van der Waals surface area (Å²) in [6.07, 6.45) is 2.79. The van der Waals surface area contributed by atoms with Crippen molar-refractivity contribution in [2.75, 3.05) is 13.2 Å². The standard InChI is InChI=1S/C16H15ClN4O6/c17-10-3-4-18-12(6-10)15(24)19-8-14(23)27-9-13(22)21-16(25)20-7-11-2-1-5-26-11/h1-6H,7-9H2,(H,19,24)(H2,20,21,22,25). The SMILES string of the molecule is O=C(COC(=O)CNC(=O)c1cc(Cl)ccn1)NC(=O)NCc1ccco1. The third kappa shape index (κ3) is 7.16. The molecule has 0 bridgehead atoms. The number of hydrogen-bond acceptors (Lipinski definition) is 7. The number of nitrogens with zero attached hydrogens (tertiary/aromatic N) is 1. The van der Waals surface area contributed by atoms with E-state index in [1.165, 1.54) is 24.6 Å². The van der Waals surface area contributed by atoms with Gasteiger partial charge in [0.2, 0.25) is 0 Å². The van der Waals surface area contributed by atoms with Crippen LogP contribution in [0.4, 0.5) is 4.79 Å². The molecule has 4 amide bonds. The molecule has 3 N–H and O–H groups in total. The molecule has 0 radical (unpaired) electrons. The number of imide groups is 1. The molecule has 10 nitrogen and oxygen atoms in total. The van der Waals surface area contributed by atoms with Crippen molar-refractivity contribution in [2.24, 2.45) is 0 Å². The number of nitrogens with one attached hydrogen (secondary N) is 3. The number of hydrogen-bond donors (Lipinski definition) is 3. The van der Waals surface area contributed by atoms with Crippen LogP contribution in [0, 0.1) is 0 Å². The molecule has 0 aliphatic rings. The second-order valence-corrected chi connectivity index (χ2v) is 5.45. The lowest BCUT2D eigenvalue weighted by Crippen LogP contribution is -2.41. The second kappa shape index (κ2) is 9.92. The number of furan rings is 1. The summed E-state index contributed by atoms with van der Waals surface area (Å²) in [6.45, 7) is -1.07. The number of rotatable bonds is 7. The normalized spacial score (nSPS) is 9.96. The van der Waals surface area contributed by atoms with E-state index in [1.54, 1.807) is 12.1 Å². The number of carbonyl (C=O) groups is 4. The Morgan fingerprint density at radius 2 is 2.00 bits per heavy atom. The van der Waals surface area contributed by atoms with Gasteiger partial charge in [0.25, 0.3) is 11.8 Å². The lowest BCUT2D eigenvalue weighted by atomic mass is 10.3. The van der Waals surface area contributed by atoms with Crippen LogP contribution in [-0.4, -0.2) is 42.0 Å². The van der Waals surface area contributed by atoms with Crippen molar-refractivity contribution in [3.63, 3.8) is 0 Å². The number of carbonyl (C=O) groups excluding carboxylic acids is 4. The molecule has 27 heavy (non-hydrogen) atoms. The van der Waals surface area contributed by atoms with Crippen molar-refractivity contribution in [1.82, 2.24) is 20.9 Å². The number of aromatic nitrogens is 1. The zero-order chi connectivity index (χ0) is 19.6. The number of pyridine rings is 1. The van der Waals surface area contributed by atoms with E-state index in [9.17, 15) is 19.2 Å². The first-order valence-corrected chi connectivity index (χ1v) is 7.97. The summed E-state index contributed by atoms with van der Waals surface area (Å²) < 4.78 is 9.66. The molecule has 11 heteroatoms. The van der Waals surface area contributed by atoms with Gasteiger partial charge in [-0.3, -0.25) is 24.7 Å². The molecule has 2 heterocycles. The van der Waals surface area contributed by atoms with Gasteiger partial charge in [0.15, 0.2) is 6.61 Å². The molecule has 0 saturated heterocycles. The van der Waals surface area contributed by atoms with Crippen LogP contribution in [0.5, 0.6) is 0 Å². The predicted molar refractivity (Wildman–Crippen MR) is 91.6 cm³/mol. The minimum Gasteiger partial charge on any atom is -0.467 e. The molecule has 0 saturated carbocycles. The van der Waals surface area contributed by atoms with Crippen molar-refractivity contribution >= 4 is 35.4 Å². The smallest absolute Gasteiger partial charge is 0.325 e. The molecule has 2 rings (SSSR count). The summed E-state index contributed by atoms with van der Waals surface area (Å²) in [5.74, 6) is -1.81. The number of halogens is 1. The second-order valence-electron chi connectivity index (χ2n) is 5.01. The lowest BCUT2D eigenvalue weighted by molar-refractivity contribution is -0.147. The Morgan fingerprint density at radius 3 is 2.70 bits per heavy atom. The maximum atomic E-state index is 11.8. The molecular weight excluding hydrogens is 380 g/mol. The molecule has 2 aromatic heterocycles. The molecule has 2 aromatic rings. The van der Waals surface area contributed by atoms with Crippen LogP contribution in [0.25, 0.3) is 0 Å². The Kier molecular flexibility index (Phi) is 7.32. The fraction of sp³-hybridized carbons (Fsp3) is 0.188. The van der Waals surface area contributed by atoms with Crippen molar-refractivity contribution < 1.29 is 28.3 Å². The first-order valence-electron chi connectivity index (χ1n) is 7.59. The van der Waals surface area contributed by atoms with E-state index in [1.807, 2.05) is 5.32 Å². The highest BCUT2D eigenvalue weighted by atomic mass is 35.5. The van der Waals surface area contributed by atoms with Crippen LogP contribution >= 0.6 is 11.6 Å². The van der Waals surface area contributed by atoms with Gasteiger partial charge in [-0.05, 0) is 24.3 Å². The number of esters is 1. The van der Waals surface area contributed by atoms with Crippen LogP contribution in [0.1, 0.15) is 16.2 Å². The summed E-state index contributed by atoms with van der Waals surface area (Å²) in [6, 6.07) is 5.36. The topological polar surface area (TPSA) is 140 Å². The van der Waals surface area contributed by atoms with Gasteiger partial charge in [-0.2, -0.15) is 0 Å². The summed E-state index contributed by atoms with van der Waals surface area (Å²) in [5.41, 5.74) is 0.0290. The monoisotopic (exact) mass is 394 g/mol. The van der Waals surface area contributed by atoms with Crippen LogP contribution in [-0.2, 0) is 20.9 Å². The van der Waals surface area contributed by atoms with E-state index in [2.05, 4.69) is 20.4 Å². The predicted octanol–water partition coefficient (Wildman–Crippen LogP) is 0.627. The zero-order valence-electron chi connectivity index (χ0n) is 13.9. The molecule has 0 aromatic carbocycles. The van der Waals surface area contributed by atoms with Gasteiger partial charge < -0.3 is 19.8 Å². The number of ether oxygens (including phenoxy) is 1. The molecule has 0 fully saturated rings. The van der Waals surface area contributed by atoms with E-state index < -0.39 is 37.0 Å². The molecule has 0 spiro atoms. The van der Waals surface area contributed by atoms with Crippen molar-refractivity contribution in [2.45, 2.75) is 6.54 Å². The first kappa shape index (κ1) is 19.9. The Labute approximate surface area is 158 Å². The Morgan fingerprint density at radius 1 is 1.19 bits per heavy atom. The van der Waals surface area contributed by atoms with E-state index in [0.29, 0.717) is 10.8 Å². The zero-order valence-corrected chi connectivity index (χ0v) is 14.6. The maximum absolute atomic E-state index is 11.8. The first-order chi connectivity index (χ1) is 12.9.